The van der Waals surface area contributed by atoms with Gasteiger partial charge in [-0.15, -0.1) is 0 Å². The summed E-state index contributed by atoms with van der Waals surface area (Å²) in [6.45, 7) is 0. The first-order chi connectivity index (χ1) is 4.22. The second-order valence-corrected chi connectivity index (χ2v) is 1.54. The van der Waals surface area contributed by atoms with Crippen molar-refractivity contribution in [2.75, 3.05) is 7.05 Å². The average molecular weight is 128 g/mol. The van der Waals surface area contributed by atoms with E-state index in [1.807, 2.05) is 0 Å². The zero-order valence-corrected chi connectivity index (χ0v) is 5.09. The maximum absolute atomic E-state index is 10.1. The third-order valence-corrected chi connectivity index (χ3v) is 0.942. The van der Waals surface area contributed by atoms with Crippen LogP contribution in [0.1, 0.15) is 6.42 Å². The molecule has 1 unspecified atom stereocenters. The molecule has 9 heavy (non-hydrogen) atoms. The van der Waals surface area contributed by atoms with E-state index in [0.717, 1.165) is 0 Å². The molecule has 0 aliphatic rings. The van der Waals surface area contributed by atoms with Gasteiger partial charge in [-0.1, -0.05) is 0 Å². The lowest BCUT2D eigenvalue weighted by Crippen LogP contribution is -2.33. The Labute approximate surface area is 53.1 Å². The van der Waals surface area contributed by atoms with Crippen molar-refractivity contribution in [2.24, 2.45) is 0 Å². The molecule has 0 aliphatic carbocycles. The number of nitriles is 1. The molecule has 0 amide bonds. The van der Waals surface area contributed by atoms with Gasteiger partial charge in [0.2, 0.25) is 0 Å². The number of carboxylic acid groups (broad SMARTS) is 1. The summed E-state index contributed by atoms with van der Waals surface area (Å²) >= 11 is 0. The summed E-state index contributed by atoms with van der Waals surface area (Å²) < 4.78 is 0. The van der Waals surface area contributed by atoms with Crippen LogP contribution >= 0.6 is 0 Å². The van der Waals surface area contributed by atoms with E-state index in [1.54, 1.807) is 6.07 Å². The molecule has 0 bridgehead atoms. The highest BCUT2D eigenvalue weighted by molar-refractivity contribution is 5.73. The quantitative estimate of drug-likeness (QED) is 0.541. The molecule has 0 aliphatic heterocycles. The van der Waals surface area contributed by atoms with Gasteiger partial charge in [0.1, 0.15) is 6.04 Å². The number of carboxylic acids is 1. The number of hydrogen-bond donors (Lipinski definition) is 2. The van der Waals surface area contributed by atoms with Gasteiger partial charge >= 0.3 is 5.97 Å². The van der Waals surface area contributed by atoms with Crippen molar-refractivity contribution in [3.8, 4) is 6.07 Å². The Hall–Kier alpha value is -1.08. The summed E-state index contributed by atoms with van der Waals surface area (Å²) in [5.74, 6) is -0.987. The van der Waals surface area contributed by atoms with E-state index < -0.39 is 12.0 Å². The standard InChI is InChI=1S/C5H8N2O2/c1-7-4(2-3-6)5(8)9/h4,7H,2H2,1H3,(H,8,9). The molecule has 2 N–H and O–H groups in total. The Kier molecular flexibility index (Phi) is 3.40. The highest BCUT2D eigenvalue weighted by Gasteiger charge is 2.12. The monoisotopic (exact) mass is 128 g/mol. The first-order valence-electron chi connectivity index (χ1n) is 2.49. The van der Waals surface area contributed by atoms with E-state index in [1.165, 1.54) is 7.05 Å². The molecule has 0 spiro atoms. The van der Waals surface area contributed by atoms with Crippen LogP contribution in [0, 0.1) is 11.3 Å². The number of nitrogens with zero attached hydrogens (tertiary/aromatic N) is 1. The van der Waals surface area contributed by atoms with Gasteiger partial charge in [-0.05, 0) is 7.05 Å². The van der Waals surface area contributed by atoms with Gasteiger partial charge in [0.25, 0.3) is 0 Å². The number of aliphatic carboxylic acids is 1. The van der Waals surface area contributed by atoms with Crippen molar-refractivity contribution < 1.29 is 9.90 Å². The molecular weight excluding hydrogens is 120 g/mol. The van der Waals surface area contributed by atoms with Crippen LogP contribution in [-0.2, 0) is 4.79 Å². The molecule has 0 aromatic heterocycles. The molecule has 4 heteroatoms. The van der Waals surface area contributed by atoms with Gasteiger partial charge in [-0.2, -0.15) is 5.26 Å². The third kappa shape index (κ3) is 2.67. The number of likely N-dealkylation sites (N-methyl/N-ethyl adjacent to an activating group) is 1. The van der Waals surface area contributed by atoms with Crippen LogP contribution in [0.25, 0.3) is 0 Å². The lowest BCUT2D eigenvalue weighted by Gasteiger charge is -2.03. The Balaban J connectivity index is 3.71. The van der Waals surface area contributed by atoms with Gasteiger partial charge < -0.3 is 10.4 Å². The van der Waals surface area contributed by atoms with Gasteiger partial charge in [-0.25, -0.2) is 0 Å². The zero-order chi connectivity index (χ0) is 7.28. The molecule has 0 rings (SSSR count). The zero-order valence-electron chi connectivity index (χ0n) is 5.09. The van der Waals surface area contributed by atoms with Crippen LogP contribution in [0.5, 0.6) is 0 Å². The molecule has 1 atom stereocenters. The molecule has 0 radical (unpaired) electrons. The fourth-order valence-electron chi connectivity index (χ4n) is 0.404. The van der Waals surface area contributed by atoms with Crippen LogP contribution in [0.15, 0.2) is 0 Å². The minimum absolute atomic E-state index is 0.00579. The van der Waals surface area contributed by atoms with Gasteiger partial charge in [0.15, 0.2) is 0 Å². The second kappa shape index (κ2) is 3.87. The van der Waals surface area contributed by atoms with Gasteiger partial charge in [-0.3, -0.25) is 4.79 Å². The summed E-state index contributed by atoms with van der Waals surface area (Å²) in [6, 6.07) is 1.03. The van der Waals surface area contributed by atoms with Crippen molar-refractivity contribution in [3.05, 3.63) is 0 Å². The predicted octanol–water partition coefficient (Wildman–Crippen LogP) is -0.427. The van der Waals surface area contributed by atoms with Crippen LogP contribution in [0.2, 0.25) is 0 Å². The largest absolute Gasteiger partial charge is 0.480 e. The number of rotatable bonds is 3. The Morgan fingerprint density at radius 3 is 2.67 bits per heavy atom. The lowest BCUT2D eigenvalue weighted by atomic mass is 10.2. The maximum Gasteiger partial charge on any atom is 0.321 e. The minimum atomic E-state index is -0.987. The summed E-state index contributed by atoms with van der Waals surface area (Å²) in [6.07, 6.45) is 0.00579. The number of nitrogens with one attached hydrogen (secondary N) is 1. The molecule has 0 aromatic carbocycles. The van der Waals surface area contributed by atoms with E-state index >= 15 is 0 Å². The molecule has 0 saturated carbocycles. The smallest absolute Gasteiger partial charge is 0.321 e. The van der Waals surface area contributed by atoms with Gasteiger partial charge in [0.05, 0.1) is 12.5 Å². The van der Waals surface area contributed by atoms with Crippen molar-refractivity contribution in [1.29, 1.82) is 5.26 Å². The fourth-order valence-corrected chi connectivity index (χ4v) is 0.404. The number of carbonyl (C=O) groups is 1. The van der Waals surface area contributed by atoms with E-state index in [2.05, 4.69) is 5.32 Å². The second-order valence-electron chi connectivity index (χ2n) is 1.54. The molecule has 0 saturated heterocycles. The normalized spacial score (nSPS) is 12.0. The highest BCUT2D eigenvalue weighted by atomic mass is 16.4. The lowest BCUT2D eigenvalue weighted by molar-refractivity contribution is -0.139. The average Bonchev–Trinajstić information content (AvgIpc) is 1.82. The molecule has 0 aromatic rings. The Morgan fingerprint density at radius 1 is 2.00 bits per heavy atom. The summed E-state index contributed by atoms with van der Waals surface area (Å²) in [5.41, 5.74) is 0. The van der Waals surface area contributed by atoms with Crippen LogP contribution in [0.3, 0.4) is 0 Å². The maximum atomic E-state index is 10.1. The van der Waals surface area contributed by atoms with Crippen LogP contribution in [-0.4, -0.2) is 24.2 Å². The Bertz CT molecular complexity index is 138. The Morgan fingerprint density at radius 2 is 2.56 bits per heavy atom. The predicted molar refractivity (Wildman–Crippen MR) is 30.7 cm³/mol. The van der Waals surface area contributed by atoms with E-state index in [-0.39, 0.29) is 6.42 Å². The topological polar surface area (TPSA) is 73.1 Å². The molecule has 50 valence electrons. The SMILES string of the molecule is CNC(CC#N)C(=O)O. The van der Waals surface area contributed by atoms with Gasteiger partial charge in [0, 0.05) is 0 Å². The highest BCUT2D eigenvalue weighted by Crippen LogP contribution is 1.87. The summed E-state index contributed by atoms with van der Waals surface area (Å²) in [4.78, 5) is 10.1. The first-order valence-corrected chi connectivity index (χ1v) is 2.49. The molecule has 4 nitrogen and oxygen atoms in total. The van der Waals surface area contributed by atoms with Crippen molar-refractivity contribution >= 4 is 5.97 Å². The fraction of sp³-hybridized carbons (Fsp3) is 0.600. The molecular formula is C5H8N2O2. The van der Waals surface area contributed by atoms with Crippen LogP contribution < -0.4 is 5.32 Å². The van der Waals surface area contributed by atoms with Crippen LogP contribution in [0.4, 0.5) is 0 Å². The van der Waals surface area contributed by atoms with E-state index in [4.69, 9.17) is 10.4 Å². The van der Waals surface area contributed by atoms with E-state index in [0.29, 0.717) is 0 Å². The van der Waals surface area contributed by atoms with E-state index in [9.17, 15) is 4.79 Å². The van der Waals surface area contributed by atoms with Crippen molar-refractivity contribution in [1.82, 2.24) is 5.32 Å². The third-order valence-electron chi connectivity index (χ3n) is 0.942. The molecule has 0 heterocycles. The number of hydrogen-bond acceptors (Lipinski definition) is 3. The van der Waals surface area contributed by atoms with Crippen molar-refractivity contribution in [3.63, 3.8) is 0 Å². The summed E-state index contributed by atoms with van der Waals surface area (Å²) in [7, 11) is 1.51. The first kappa shape index (κ1) is 7.92. The molecule has 0 fully saturated rings. The minimum Gasteiger partial charge on any atom is -0.480 e. The van der Waals surface area contributed by atoms with Crippen molar-refractivity contribution in [2.45, 2.75) is 12.5 Å². The summed E-state index contributed by atoms with van der Waals surface area (Å²) in [5, 5.41) is 18.8.